The molecule has 174 valence electrons. The summed E-state index contributed by atoms with van der Waals surface area (Å²) in [6, 6.07) is 27.9. The van der Waals surface area contributed by atoms with Crippen molar-refractivity contribution in [3.05, 3.63) is 133 Å². The lowest BCUT2D eigenvalue weighted by molar-refractivity contribution is 0.0252. The first-order valence-electron chi connectivity index (χ1n) is 11.8. The van der Waals surface area contributed by atoms with E-state index in [1.54, 1.807) is 13.2 Å². The Balaban J connectivity index is 1.99. The smallest absolute Gasteiger partial charge is 0.0923 e. The summed E-state index contributed by atoms with van der Waals surface area (Å²) < 4.78 is 5.69. The van der Waals surface area contributed by atoms with E-state index in [1.165, 1.54) is 27.8 Å². The molecule has 0 radical (unpaired) electrons. The highest BCUT2D eigenvalue weighted by atomic mass is 16.5. The van der Waals surface area contributed by atoms with E-state index >= 15 is 0 Å². The number of fused-ring (bicyclic) bond motifs is 3. The molecule has 3 heteroatoms. The number of benzene rings is 3. The molecule has 0 saturated carbocycles. The third-order valence-corrected chi connectivity index (χ3v) is 6.57. The van der Waals surface area contributed by atoms with E-state index in [9.17, 15) is 5.11 Å². The number of rotatable bonds is 11. The van der Waals surface area contributed by atoms with E-state index in [0.717, 1.165) is 0 Å². The summed E-state index contributed by atoms with van der Waals surface area (Å²) in [5, 5.41) is 10.0. The molecule has 3 nitrogen and oxygen atoms in total. The molecule has 1 aliphatic carbocycles. The highest BCUT2D eigenvalue weighted by molar-refractivity contribution is 5.82. The van der Waals surface area contributed by atoms with Crippen LogP contribution < -0.4 is 0 Å². The second-order valence-electron chi connectivity index (χ2n) is 8.57. The molecule has 0 unspecified atom stereocenters. The van der Waals surface area contributed by atoms with Gasteiger partial charge in [0.25, 0.3) is 0 Å². The van der Waals surface area contributed by atoms with Gasteiger partial charge in [0.15, 0.2) is 0 Å². The molecule has 4 rings (SSSR count). The van der Waals surface area contributed by atoms with Crippen LogP contribution in [-0.2, 0) is 16.8 Å². The van der Waals surface area contributed by atoms with Crippen LogP contribution in [0.4, 0.5) is 0 Å². The second kappa shape index (κ2) is 11.3. The Hall–Kier alpha value is -3.24. The van der Waals surface area contributed by atoms with Crippen LogP contribution in [0.25, 0.3) is 11.1 Å². The maximum atomic E-state index is 10.0. The summed E-state index contributed by atoms with van der Waals surface area (Å²) >= 11 is 0. The summed E-state index contributed by atoms with van der Waals surface area (Å²) in [5.41, 5.74) is 5.68. The van der Waals surface area contributed by atoms with Crippen molar-refractivity contribution in [2.24, 2.45) is 0 Å². The first-order valence-corrected chi connectivity index (χ1v) is 11.8. The van der Waals surface area contributed by atoms with Crippen molar-refractivity contribution in [2.75, 3.05) is 20.3 Å². The first kappa shape index (κ1) is 23.9. The van der Waals surface area contributed by atoms with Gasteiger partial charge in [0.2, 0.25) is 0 Å². The number of aliphatic hydroxyl groups excluding tert-OH is 1. The van der Waals surface area contributed by atoms with Crippen LogP contribution in [0, 0.1) is 0 Å². The highest BCUT2D eigenvalue weighted by Crippen LogP contribution is 2.52. The zero-order valence-corrected chi connectivity index (χ0v) is 19.8. The summed E-state index contributed by atoms with van der Waals surface area (Å²) in [6.45, 7) is 5.15. The first-order chi connectivity index (χ1) is 16.8. The van der Waals surface area contributed by atoms with Gasteiger partial charge in [-0.25, -0.2) is 0 Å². The third kappa shape index (κ3) is 4.55. The molecule has 0 aliphatic heterocycles. The standard InChI is InChI=1S/C31H33NO2/c1-3-4-5-13-21-31(29-18-11-9-16-27(29)28-17-10-12-19-30(28)31)32(26(20-22-33)24-34-2)23-25-14-7-6-8-15-25/h3-19,21,26,33H,1,20,22-24H2,2H3/b5-4-,21-13+/t26-/m0/s1. The van der Waals surface area contributed by atoms with Crippen molar-refractivity contribution in [3.63, 3.8) is 0 Å². The SMILES string of the molecule is C=C/C=C\C=C\C1(N(Cc2ccccc2)[C@@H](CCO)COC)c2ccccc2-c2ccccc21. The van der Waals surface area contributed by atoms with Crippen molar-refractivity contribution in [3.8, 4) is 11.1 Å². The minimum atomic E-state index is -0.521. The molecule has 0 spiro atoms. The molecule has 3 aromatic rings. The van der Waals surface area contributed by atoms with Gasteiger partial charge in [-0.2, -0.15) is 0 Å². The van der Waals surface area contributed by atoms with Crippen LogP contribution in [0.15, 0.2) is 116 Å². The zero-order chi connectivity index (χ0) is 23.8. The predicted molar refractivity (Wildman–Crippen MR) is 140 cm³/mol. The number of allylic oxidation sites excluding steroid dienone is 4. The molecule has 0 fully saturated rings. The van der Waals surface area contributed by atoms with Crippen molar-refractivity contribution >= 4 is 0 Å². The Labute approximate surface area is 203 Å². The Morgan fingerprint density at radius 2 is 1.50 bits per heavy atom. The van der Waals surface area contributed by atoms with E-state index in [2.05, 4.69) is 96.4 Å². The number of hydrogen-bond acceptors (Lipinski definition) is 3. The van der Waals surface area contributed by atoms with E-state index < -0.39 is 5.54 Å². The topological polar surface area (TPSA) is 32.7 Å². The quantitative estimate of drug-likeness (QED) is 0.357. The average molecular weight is 452 g/mol. The van der Waals surface area contributed by atoms with E-state index in [4.69, 9.17) is 4.74 Å². The van der Waals surface area contributed by atoms with E-state index in [0.29, 0.717) is 19.6 Å². The lowest BCUT2D eigenvalue weighted by Gasteiger charge is -2.45. The fourth-order valence-electron chi connectivity index (χ4n) is 5.16. The van der Waals surface area contributed by atoms with Crippen LogP contribution >= 0.6 is 0 Å². The largest absolute Gasteiger partial charge is 0.396 e. The van der Waals surface area contributed by atoms with Crippen molar-refractivity contribution < 1.29 is 9.84 Å². The molecule has 0 saturated heterocycles. The van der Waals surface area contributed by atoms with Gasteiger partial charge in [0.1, 0.15) is 0 Å². The van der Waals surface area contributed by atoms with Gasteiger partial charge in [-0.3, -0.25) is 4.90 Å². The Kier molecular flexibility index (Phi) is 7.91. The molecule has 1 aliphatic rings. The predicted octanol–water partition coefficient (Wildman–Crippen LogP) is 6.11. The Bertz CT molecular complexity index is 1100. The molecule has 0 amide bonds. The van der Waals surface area contributed by atoms with Gasteiger partial charge in [-0.15, -0.1) is 0 Å². The molecule has 0 bridgehead atoms. The highest BCUT2D eigenvalue weighted by Gasteiger charge is 2.47. The van der Waals surface area contributed by atoms with E-state index in [-0.39, 0.29) is 12.6 Å². The molecule has 3 aromatic carbocycles. The van der Waals surface area contributed by atoms with E-state index in [1.807, 2.05) is 18.2 Å². The Morgan fingerprint density at radius 3 is 2.09 bits per heavy atom. The average Bonchev–Trinajstić information content (AvgIpc) is 3.16. The molecule has 0 aromatic heterocycles. The second-order valence-corrected chi connectivity index (χ2v) is 8.57. The summed E-state index contributed by atoms with van der Waals surface area (Å²) in [7, 11) is 1.73. The molecule has 1 atom stereocenters. The minimum absolute atomic E-state index is 0.00227. The molecule has 34 heavy (non-hydrogen) atoms. The fraction of sp³-hybridized carbons (Fsp3) is 0.226. The minimum Gasteiger partial charge on any atom is -0.396 e. The lowest BCUT2D eigenvalue weighted by Crippen LogP contribution is -2.51. The molecular weight excluding hydrogens is 418 g/mol. The number of methoxy groups -OCH3 is 1. The maximum Gasteiger partial charge on any atom is 0.0923 e. The van der Waals surface area contributed by atoms with Gasteiger partial charge in [-0.1, -0.05) is 116 Å². The van der Waals surface area contributed by atoms with Crippen LogP contribution in [0.3, 0.4) is 0 Å². The number of aliphatic hydroxyl groups is 1. The number of nitrogens with zero attached hydrogens (tertiary/aromatic N) is 1. The summed E-state index contributed by atoms with van der Waals surface area (Å²) in [6.07, 6.45) is 10.8. The monoisotopic (exact) mass is 451 g/mol. The summed E-state index contributed by atoms with van der Waals surface area (Å²) in [4.78, 5) is 2.50. The van der Waals surface area contributed by atoms with Gasteiger partial charge in [0, 0.05) is 26.3 Å². The number of ether oxygens (including phenoxy) is 1. The molecule has 0 heterocycles. The van der Waals surface area contributed by atoms with Gasteiger partial charge in [0.05, 0.1) is 12.1 Å². The fourth-order valence-corrected chi connectivity index (χ4v) is 5.16. The summed E-state index contributed by atoms with van der Waals surface area (Å²) in [5.74, 6) is 0. The normalized spacial score (nSPS) is 15.0. The van der Waals surface area contributed by atoms with Crippen LogP contribution in [-0.4, -0.2) is 36.4 Å². The molecule has 1 N–H and O–H groups in total. The Morgan fingerprint density at radius 1 is 0.882 bits per heavy atom. The van der Waals surface area contributed by atoms with Gasteiger partial charge in [-0.05, 0) is 34.2 Å². The van der Waals surface area contributed by atoms with Crippen molar-refractivity contribution in [1.82, 2.24) is 4.90 Å². The van der Waals surface area contributed by atoms with Crippen molar-refractivity contribution in [1.29, 1.82) is 0 Å². The van der Waals surface area contributed by atoms with Crippen LogP contribution in [0.2, 0.25) is 0 Å². The van der Waals surface area contributed by atoms with Crippen LogP contribution in [0.5, 0.6) is 0 Å². The van der Waals surface area contributed by atoms with Crippen molar-refractivity contribution in [2.45, 2.75) is 24.5 Å². The molecular formula is C31H33NO2. The van der Waals surface area contributed by atoms with Crippen LogP contribution in [0.1, 0.15) is 23.1 Å². The maximum absolute atomic E-state index is 10.0. The zero-order valence-electron chi connectivity index (χ0n) is 19.8. The van der Waals surface area contributed by atoms with Gasteiger partial charge < -0.3 is 9.84 Å². The van der Waals surface area contributed by atoms with Gasteiger partial charge >= 0.3 is 0 Å². The lowest BCUT2D eigenvalue weighted by atomic mass is 9.82. The third-order valence-electron chi connectivity index (χ3n) is 6.57. The number of hydrogen-bond donors (Lipinski definition) is 1.